The molecule has 4 aromatic rings. The number of benzene rings is 2. The first kappa shape index (κ1) is 15.1. The van der Waals surface area contributed by atoms with Crippen LogP contribution in [0.4, 0.5) is 0 Å². The number of hydrogen-bond donors (Lipinski definition) is 0. The molecule has 0 N–H and O–H groups in total. The second-order valence-electron chi connectivity index (χ2n) is 5.45. The molecule has 0 spiro atoms. The van der Waals surface area contributed by atoms with Crippen LogP contribution in [0, 0.1) is 6.92 Å². The van der Waals surface area contributed by atoms with E-state index in [1.54, 1.807) is 0 Å². The van der Waals surface area contributed by atoms with Crippen molar-refractivity contribution in [3.63, 3.8) is 0 Å². The number of rotatable bonds is 2. The molecule has 4 nitrogen and oxygen atoms in total. The van der Waals surface area contributed by atoms with Crippen LogP contribution in [0.2, 0.25) is 10.0 Å². The summed E-state index contributed by atoms with van der Waals surface area (Å²) in [6.07, 6.45) is 1.96. The van der Waals surface area contributed by atoms with Crippen LogP contribution < -0.4 is 0 Å². The fourth-order valence-electron chi connectivity index (χ4n) is 2.59. The van der Waals surface area contributed by atoms with E-state index in [4.69, 9.17) is 23.2 Å². The van der Waals surface area contributed by atoms with Crippen molar-refractivity contribution in [1.29, 1.82) is 0 Å². The van der Waals surface area contributed by atoms with Gasteiger partial charge in [0.2, 0.25) is 0 Å². The highest BCUT2D eigenvalue weighted by Gasteiger charge is 2.13. The molecule has 6 heteroatoms. The molecule has 2 aromatic carbocycles. The van der Waals surface area contributed by atoms with Gasteiger partial charge < -0.3 is 0 Å². The molecule has 24 heavy (non-hydrogen) atoms. The third-order valence-corrected chi connectivity index (χ3v) is 4.32. The maximum Gasteiger partial charge on any atom is 0.118 e. The maximum atomic E-state index is 5.98. The van der Waals surface area contributed by atoms with E-state index in [9.17, 15) is 0 Å². The zero-order chi connectivity index (χ0) is 16.7. The molecule has 0 radical (unpaired) electrons. The van der Waals surface area contributed by atoms with E-state index in [-0.39, 0.29) is 0 Å². The summed E-state index contributed by atoms with van der Waals surface area (Å²) >= 11 is 11.9. The average Bonchev–Trinajstić information content (AvgIpc) is 3.03. The van der Waals surface area contributed by atoms with Crippen LogP contribution in [0.3, 0.4) is 0 Å². The zero-order valence-corrected chi connectivity index (χ0v) is 14.3. The van der Waals surface area contributed by atoms with Gasteiger partial charge in [0, 0.05) is 21.8 Å². The predicted octanol–water partition coefficient (Wildman–Crippen LogP) is 5.10. The Balaban J connectivity index is 1.92. The van der Waals surface area contributed by atoms with E-state index in [1.807, 2.05) is 66.3 Å². The van der Waals surface area contributed by atoms with Crippen molar-refractivity contribution in [2.24, 2.45) is 0 Å². The summed E-state index contributed by atoms with van der Waals surface area (Å²) in [7, 11) is 0. The molecule has 0 saturated carbocycles. The second kappa shape index (κ2) is 5.89. The van der Waals surface area contributed by atoms with Gasteiger partial charge in [0.1, 0.15) is 11.2 Å². The van der Waals surface area contributed by atoms with Crippen molar-refractivity contribution >= 4 is 34.1 Å². The van der Waals surface area contributed by atoms with Crippen LogP contribution in [0.25, 0.3) is 27.8 Å². The largest absolute Gasteiger partial charge is 0.240 e. The van der Waals surface area contributed by atoms with Gasteiger partial charge in [-0.25, -0.2) is 4.68 Å². The molecule has 0 bridgehead atoms. The fraction of sp³-hybridized carbons (Fsp3) is 0.0556. The molecule has 0 atom stereocenters. The Hall–Kier alpha value is -2.43. The Morgan fingerprint density at radius 2 is 1.46 bits per heavy atom. The number of hydrogen-bond acceptors (Lipinski definition) is 3. The summed E-state index contributed by atoms with van der Waals surface area (Å²) in [6.45, 7) is 1.90. The summed E-state index contributed by atoms with van der Waals surface area (Å²) in [4.78, 5) is 0. The normalized spacial score (nSPS) is 11.1. The van der Waals surface area contributed by atoms with Gasteiger partial charge in [0.15, 0.2) is 0 Å². The Kier molecular flexibility index (Phi) is 3.71. The van der Waals surface area contributed by atoms with Gasteiger partial charge in [0.25, 0.3) is 0 Å². The number of aromatic nitrogens is 4. The molecule has 118 valence electrons. The Morgan fingerprint density at radius 1 is 0.833 bits per heavy atom. The van der Waals surface area contributed by atoms with E-state index in [0.717, 1.165) is 33.5 Å². The highest BCUT2D eigenvalue weighted by atomic mass is 35.5. The van der Waals surface area contributed by atoms with Crippen LogP contribution >= 0.6 is 23.2 Å². The molecule has 0 unspecified atom stereocenters. The summed E-state index contributed by atoms with van der Waals surface area (Å²) < 4.78 is 1.82. The molecule has 0 aliphatic heterocycles. The molecular weight excluding hydrogens is 343 g/mol. The van der Waals surface area contributed by atoms with Gasteiger partial charge in [-0.1, -0.05) is 35.3 Å². The highest BCUT2D eigenvalue weighted by molar-refractivity contribution is 6.30. The lowest BCUT2D eigenvalue weighted by atomic mass is 10.1. The third-order valence-electron chi connectivity index (χ3n) is 3.82. The quantitative estimate of drug-likeness (QED) is 0.503. The Labute approximate surface area is 148 Å². The first-order valence-corrected chi connectivity index (χ1v) is 8.12. The smallest absolute Gasteiger partial charge is 0.118 e. The monoisotopic (exact) mass is 354 g/mol. The molecule has 0 aliphatic rings. The zero-order valence-electron chi connectivity index (χ0n) is 12.7. The molecule has 0 aliphatic carbocycles. The Bertz CT molecular complexity index is 1020. The van der Waals surface area contributed by atoms with Crippen molar-refractivity contribution in [2.75, 3.05) is 0 Å². The minimum atomic E-state index is 0.687. The summed E-state index contributed by atoms with van der Waals surface area (Å²) in [5.41, 5.74) is 4.28. The van der Waals surface area contributed by atoms with Gasteiger partial charge in [-0.2, -0.15) is 10.2 Å². The topological polar surface area (TPSA) is 43.6 Å². The number of halogens is 2. The van der Waals surface area contributed by atoms with E-state index in [2.05, 4.69) is 15.3 Å². The fourth-order valence-corrected chi connectivity index (χ4v) is 2.84. The Morgan fingerprint density at radius 3 is 2.12 bits per heavy atom. The molecule has 0 amide bonds. The lowest BCUT2D eigenvalue weighted by molar-refractivity contribution is 0.891. The first-order chi connectivity index (χ1) is 11.6. The van der Waals surface area contributed by atoms with Crippen LogP contribution in [-0.2, 0) is 0 Å². The van der Waals surface area contributed by atoms with E-state index in [0.29, 0.717) is 10.0 Å². The summed E-state index contributed by atoms with van der Waals surface area (Å²) in [6, 6.07) is 15.1. The predicted molar refractivity (Wildman–Crippen MR) is 96.9 cm³/mol. The number of fused-ring (bicyclic) bond motifs is 1. The first-order valence-electron chi connectivity index (χ1n) is 7.36. The van der Waals surface area contributed by atoms with Gasteiger partial charge in [-0.3, -0.25) is 0 Å². The van der Waals surface area contributed by atoms with Crippen molar-refractivity contribution < 1.29 is 0 Å². The van der Waals surface area contributed by atoms with Gasteiger partial charge in [-0.15, -0.1) is 5.10 Å². The van der Waals surface area contributed by atoms with Crippen molar-refractivity contribution in [3.8, 4) is 16.9 Å². The van der Waals surface area contributed by atoms with Crippen molar-refractivity contribution in [1.82, 2.24) is 20.0 Å². The van der Waals surface area contributed by atoms with Crippen molar-refractivity contribution in [3.05, 3.63) is 70.5 Å². The second-order valence-corrected chi connectivity index (χ2v) is 6.33. The van der Waals surface area contributed by atoms with E-state index in [1.165, 1.54) is 0 Å². The molecule has 4 rings (SSSR count). The lowest BCUT2D eigenvalue weighted by Gasteiger charge is -2.02. The van der Waals surface area contributed by atoms with Crippen molar-refractivity contribution in [2.45, 2.75) is 6.92 Å². The third kappa shape index (κ3) is 2.64. The molecule has 0 saturated heterocycles. The van der Waals surface area contributed by atoms with Gasteiger partial charge in [0.05, 0.1) is 16.8 Å². The summed E-state index contributed by atoms with van der Waals surface area (Å²) in [5, 5.41) is 15.6. The molecule has 2 heterocycles. The molecule has 0 fully saturated rings. The highest BCUT2D eigenvalue weighted by Crippen LogP contribution is 2.28. The number of nitrogens with zero attached hydrogens (tertiary/aromatic N) is 4. The lowest BCUT2D eigenvalue weighted by Crippen LogP contribution is -1.94. The van der Waals surface area contributed by atoms with Crippen LogP contribution in [0.15, 0.2) is 54.7 Å². The maximum absolute atomic E-state index is 5.98. The summed E-state index contributed by atoms with van der Waals surface area (Å²) in [5.74, 6) is 0. The average molecular weight is 355 g/mol. The van der Waals surface area contributed by atoms with Gasteiger partial charge >= 0.3 is 0 Å². The molecule has 2 aromatic heterocycles. The van der Waals surface area contributed by atoms with Crippen LogP contribution in [0.1, 0.15) is 5.69 Å². The van der Waals surface area contributed by atoms with Crippen LogP contribution in [0.5, 0.6) is 0 Å². The minimum Gasteiger partial charge on any atom is -0.240 e. The van der Waals surface area contributed by atoms with E-state index >= 15 is 0 Å². The van der Waals surface area contributed by atoms with E-state index < -0.39 is 0 Å². The standard InChI is InChI=1S/C18H12Cl2N4/c1-11-17-16(10-24(23-17)15-8-6-14(20)7-9-15)18(22-21-11)12-2-4-13(19)5-3-12/h2-10H,1H3. The van der Waals surface area contributed by atoms with Crippen LogP contribution in [-0.4, -0.2) is 20.0 Å². The minimum absolute atomic E-state index is 0.687. The van der Waals surface area contributed by atoms with Gasteiger partial charge in [-0.05, 0) is 43.3 Å². The molecular formula is C18H12Cl2N4. The number of aryl methyl sites for hydroxylation is 1. The SMILES string of the molecule is Cc1nnc(-c2ccc(Cl)cc2)c2cn(-c3ccc(Cl)cc3)nc12.